The van der Waals surface area contributed by atoms with Crippen molar-refractivity contribution in [3.05, 3.63) is 41.5 Å². The highest BCUT2D eigenvalue weighted by molar-refractivity contribution is 5.91. The minimum Gasteiger partial charge on any atom is -0.383 e. The van der Waals surface area contributed by atoms with Crippen molar-refractivity contribution >= 4 is 12.0 Å². The molecule has 0 aliphatic heterocycles. The highest BCUT2D eigenvalue weighted by Gasteiger charge is 2.30. The maximum absolute atomic E-state index is 12.5. The Bertz CT molecular complexity index is 484. The van der Waals surface area contributed by atoms with Crippen molar-refractivity contribution in [2.75, 3.05) is 13.7 Å². The minimum atomic E-state index is -4.39. The molecule has 0 spiro atoms. The lowest BCUT2D eigenvalue weighted by atomic mass is 10.1. The van der Waals surface area contributed by atoms with E-state index in [9.17, 15) is 18.0 Å². The molecule has 0 aliphatic carbocycles. The molecule has 0 saturated heterocycles. The summed E-state index contributed by atoms with van der Waals surface area (Å²) in [6, 6.07) is 4.60. The van der Waals surface area contributed by atoms with Gasteiger partial charge in [0, 0.05) is 19.2 Å². The highest BCUT2D eigenvalue weighted by atomic mass is 19.4. The van der Waals surface area contributed by atoms with Crippen molar-refractivity contribution in [2.45, 2.75) is 19.1 Å². The molecule has 0 heterocycles. The number of amides is 1. The molecule has 1 aromatic rings. The van der Waals surface area contributed by atoms with Crippen molar-refractivity contribution in [1.29, 1.82) is 0 Å². The van der Waals surface area contributed by atoms with Gasteiger partial charge in [0.05, 0.1) is 12.2 Å². The topological polar surface area (TPSA) is 38.3 Å². The van der Waals surface area contributed by atoms with Gasteiger partial charge >= 0.3 is 6.18 Å². The minimum absolute atomic E-state index is 0.168. The van der Waals surface area contributed by atoms with Crippen LogP contribution in [0.25, 0.3) is 6.08 Å². The van der Waals surface area contributed by atoms with E-state index in [0.29, 0.717) is 12.2 Å². The van der Waals surface area contributed by atoms with Crippen LogP contribution in [0.5, 0.6) is 0 Å². The summed E-state index contributed by atoms with van der Waals surface area (Å²) in [7, 11) is 1.52. The van der Waals surface area contributed by atoms with Gasteiger partial charge in [0.25, 0.3) is 0 Å². The van der Waals surface area contributed by atoms with Crippen LogP contribution in [-0.2, 0) is 15.7 Å². The molecule has 1 amide bonds. The second kappa shape index (κ2) is 7.09. The molecular formula is C14H16F3NO2. The first-order valence-electron chi connectivity index (χ1n) is 5.97. The van der Waals surface area contributed by atoms with E-state index >= 15 is 0 Å². The summed E-state index contributed by atoms with van der Waals surface area (Å²) in [5.41, 5.74) is -0.429. The van der Waals surface area contributed by atoms with Crippen LogP contribution >= 0.6 is 0 Å². The van der Waals surface area contributed by atoms with E-state index < -0.39 is 11.7 Å². The van der Waals surface area contributed by atoms with Crippen LogP contribution in [-0.4, -0.2) is 25.7 Å². The predicted octanol–water partition coefficient (Wildman–Crippen LogP) is 2.87. The van der Waals surface area contributed by atoms with Crippen LogP contribution in [0.2, 0.25) is 0 Å². The summed E-state index contributed by atoms with van der Waals surface area (Å²) in [6.45, 7) is 2.13. The quantitative estimate of drug-likeness (QED) is 0.846. The molecule has 20 heavy (non-hydrogen) atoms. The van der Waals surface area contributed by atoms with Gasteiger partial charge in [-0.25, -0.2) is 0 Å². The van der Waals surface area contributed by atoms with Crippen LogP contribution in [0.3, 0.4) is 0 Å². The number of ether oxygens (including phenoxy) is 1. The highest BCUT2D eigenvalue weighted by Crippen LogP contribution is 2.29. The summed E-state index contributed by atoms with van der Waals surface area (Å²) >= 11 is 0. The number of carbonyl (C=O) groups excluding carboxylic acids is 1. The maximum Gasteiger partial charge on any atom is 0.416 e. The van der Waals surface area contributed by atoms with Crippen LogP contribution in [0.4, 0.5) is 13.2 Å². The lowest BCUT2D eigenvalue weighted by Gasteiger charge is -2.10. The molecule has 0 fully saturated rings. The molecule has 6 heteroatoms. The van der Waals surface area contributed by atoms with E-state index in [-0.39, 0.29) is 11.9 Å². The van der Waals surface area contributed by atoms with Crippen LogP contribution < -0.4 is 5.32 Å². The molecule has 1 rings (SSSR count). The Morgan fingerprint density at radius 1 is 1.45 bits per heavy atom. The first kappa shape index (κ1) is 16.2. The van der Waals surface area contributed by atoms with Gasteiger partial charge in [-0.2, -0.15) is 13.2 Å². The molecule has 0 radical (unpaired) electrons. The number of rotatable bonds is 5. The third-order valence-corrected chi connectivity index (χ3v) is 2.45. The second-order valence-electron chi connectivity index (χ2n) is 4.32. The SMILES string of the molecule is COCC(C)NC(=O)/C=C/c1cccc(C(F)(F)F)c1. The molecule has 0 saturated carbocycles. The van der Waals surface area contributed by atoms with Crippen molar-refractivity contribution in [1.82, 2.24) is 5.32 Å². The molecule has 1 atom stereocenters. The van der Waals surface area contributed by atoms with E-state index in [1.165, 1.54) is 31.4 Å². The maximum atomic E-state index is 12.5. The monoisotopic (exact) mass is 287 g/mol. The summed E-state index contributed by atoms with van der Waals surface area (Å²) in [5, 5.41) is 2.62. The third-order valence-electron chi connectivity index (χ3n) is 2.45. The van der Waals surface area contributed by atoms with Gasteiger partial charge in [-0.05, 0) is 30.7 Å². The molecular weight excluding hydrogens is 271 g/mol. The molecule has 110 valence electrons. The molecule has 3 nitrogen and oxygen atoms in total. The van der Waals surface area contributed by atoms with E-state index in [1.54, 1.807) is 6.92 Å². The molecule has 0 aromatic heterocycles. The summed E-state index contributed by atoms with van der Waals surface area (Å²) in [6.07, 6.45) is -1.86. The number of nitrogens with one attached hydrogen (secondary N) is 1. The summed E-state index contributed by atoms with van der Waals surface area (Å²) < 4.78 is 42.4. The normalized spacial score (nSPS) is 13.4. The smallest absolute Gasteiger partial charge is 0.383 e. The predicted molar refractivity (Wildman–Crippen MR) is 70.0 cm³/mol. The lowest BCUT2D eigenvalue weighted by molar-refractivity contribution is -0.137. The fraction of sp³-hybridized carbons (Fsp3) is 0.357. The second-order valence-corrected chi connectivity index (χ2v) is 4.32. The van der Waals surface area contributed by atoms with Gasteiger partial charge in [-0.3, -0.25) is 4.79 Å². The number of hydrogen-bond acceptors (Lipinski definition) is 2. The van der Waals surface area contributed by atoms with Crippen LogP contribution in [0, 0.1) is 0 Å². The number of hydrogen-bond donors (Lipinski definition) is 1. The van der Waals surface area contributed by atoms with Crippen LogP contribution in [0.1, 0.15) is 18.1 Å². The lowest BCUT2D eigenvalue weighted by Crippen LogP contribution is -2.34. The zero-order chi connectivity index (χ0) is 15.2. The van der Waals surface area contributed by atoms with Gasteiger partial charge in [-0.1, -0.05) is 12.1 Å². The van der Waals surface area contributed by atoms with Crippen molar-refractivity contribution in [2.24, 2.45) is 0 Å². The Morgan fingerprint density at radius 2 is 2.15 bits per heavy atom. The fourth-order valence-electron chi connectivity index (χ4n) is 1.57. The zero-order valence-electron chi connectivity index (χ0n) is 11.2. The van der Waals surface area contributed by atoms with E-state index in [4.69, 9.17) is 4.74 Å². The third kappa shape index (κ3) is 5.44. The van der Waals surface area contributed by atoms with E-state index in [2.05, 4.69) is 5.32 Å². The Kier molecular flexibility index (Phi) is 5.76. The van der Waals surface area contributed by atoms with E-state index in [0.717, 1.165) is 12.1 Å². The number of alkyl halides is 3. The largest absolute Gasteiger partial charge is 0.416 e. The van der Waals surface area contributed by atoms with Crippen molar-refractivity contribution in [3.8, 4) is 0 Å². The first-order valence-corrected chi connectivity index (χ1v) is 5.97. The Labute approximate surface area is 115 Å². The van der Waals surface area contributed by atoms with Gasteiger partial charge < -0.3 is 10.1 Å². The number of benzene rings is 1. The standard InChI is InChI=1S/C14H16F3NO2/c1-10(9-20-2)18-13(19)7-6-11-4-3-5-12(8-11)14(15,16)17/h3-8,10H,9H2,1-2H3,(H,18,19)/b7-6+. The average Bonchev–Trinajstić information content (AvgIpc) is 2.36. The molecule has 0 bridgehead atoms. The van der Waals surface area contributed by atoms with Gasteiger partial charge in [0.1, 0.15) is 0 Å². The number of carbonyl (C=O) groups is 1. The Morgan fingerprint density at radius 3 is 2.75 bits per heavy atom. The van der Waals surface area contributed by atoms with E-state index in [1.807, 2.05) is 0 Å². The Hall–Kier alpha value is -1.82. The molecule has 1 aromatic carbocycles. The number of methoxy groups -OCH3 is 1. The summed E-state index contributed by atoms with van der Waals surface area (Å²) in [5.74, 6) is -0.382. The molecule has 0 aliphatic rings. The van der Waals surface area contributed by atoms with Crippen molar-refractivity contribution < 1.29 is 22.7 Å². The van der Waals surface area contributed by atoms with Crippen LogP contribution in [0.15, 0.2) is 30.3 Å². The van der Waals surface area contributed by atoms with Crippen molar-refractivity contribution in [3.63, 3.8) is 0 Å². The Balaban J connectivity index is 2.68. The van der Waals surface area contributed by atoms with Gasteiger partial charge in [0.2, 0.25) is 5.91 Å². The first-order chi connectivity index (χ1) is 9.32. The van der Waals surface area contributed by atoms with Gasteiger partial charge in [-0.15, -0.1) is 0 Å². The molecule has 1 N–H and O–H groups in total. The number of halogens is 3. The average molecular weight is 287 g/mol. The summed E-state index contributed by atoms with van der Waals surface area (Å²) in [4.78, 5) is 11.5. The fourth-order valence-corrected chi connectivity index (χ4v) is 1.57. The zero-order valence-corrected chi connectivity index (χ0v) is 11.2. The van der Waals surface area contributed by atoms with Gasteiger partial charge in [0.15, 0.2) is 0 Å². The molecule has 1 unspecified atom stereocenters.